The smallest absolute Gasteiger partial charge is 0.335 e. The first-order valence-corrected chi connectivity index (χ1v) is 9.27. The highest BCUT2D eigenvalue weighted by Gasteiger charge is 2.17. The van der Waals surface area contributed by atoms with Gasteiger partial charge in [-0.3, -0.25) is 4.79 Å². The van der Waals surface area contributed by atoms with E-state index in [0.717, 1.165) is 16.8 Å². The van der Waals surface area contributed by atoms with E-state index in [2.05, 4.69) is 5.32 Å². The lowest BCUT2D eigenvalue weighted by Gasteiger charge is -2.17. The topological polar surface area (TPSA) is 71.3 Å². The number of aromatic nitrogens is 1. The number of nitrogens with one attached hydrogen (secondary N) is 1. The number of rotatable bonds is 6. The molecule has 0 unspecified atom stereocenters. The molecule has 1 atom stereocenters. The minimum atomic E-state index is -0.973. The van der Waals surface area contributed by atoms with Crippen LogP contribution in [0.15, 0.2) is 60.7 Å². The van der Waals surface area contributed by atoms with E-state index in [0.29, 0.717) is 17.3 Å². The fraction of sp³-hybridized carbons (Fsp3) is 0.182. The Balaban J connectivity index is 1.75. The number of nitrogens with zero attached hydrogens (tertiary/aromatic N) is 1. The van der Waals surface area contributed by atoms with E-state index in [1.807, 2.05) is 48.7 Å². The molecule has 0 bridgehead atoms. The number of aromatic carboxylic acids is 1. The summed E-state index contributed by atoms with van der Waals surface area (Å²) in [5.74, 6) is -1.16. The second-order valence-corrected chi connectivity index (χ2v) is 7.13. The van der Waals surface area contributed by atoms with Crippen LogP contribution in [0, 0.1) is 6.92 Å². The zero-order valence-corrected chi connectivity index (χ0v) is 16.4. The number of amides is 1. The normalized spacial score (nSPS) is 11.8. The lowest BCUT2D eigenvalue weighted by Crippen LogP contribution is -2.29. The molecule has 3 aromatic rings. The van der Waals surface area contributed by atoms with E-state index in [9.17, 15) is 9.59 Å². The molecule has 1 amide bonds. The van der Waals surface area contributed by atoms with Crippen LogP contribution in [0.1, 0.15) is 50.6 Å². The van der Waals surface area contributed by atoms with Gasteiger partial charge in [0.1, 0.15) is 5.69 Å². The van der Waals surface area contributed by atoms with Crippen LogP contribution in [0.25, 0.3) is 0 Å². The summed E-state index contributed by atoms with van der Waals surface area (Å²) in [5.41, 5.74) is 3.66. The standard InChI is InChI=1S/C22H21ClN2O3/c1-14-3-12-20(25(14)13-16-4-10-19(23)11-5-16)21(26)24-15(2)17-6-8-18(9-7-17)22(27)28/h3-12,15H,13H2,1-2H3,(H,24,26)(H,27,28)/t15-/m0/s1. The first-order chi connectivity index (χ1) is 13.3. The van der Waals surface area contributed by atoms with Gasteiger partial charge in [0.15, 0.2) is 0 Å². The minimum absolute atomic E-state index is 0.183. The number of carboxylic acid groups (broad SMARTS) is 1. The van der Waals surface area contributed by atoms with Crippen molar-refractivity contribution in [2.24, 2.45) is 0 Å². The molecule has 0 fully saturated rings. The van der Waals surface area contributed by atoms with Gasteiger partial charge in [-0.1, -0.05) is 35.9 Å². The molecule has 0 spiro atoms. The van der Waals surface area contributed by atoms with Gasteiger partial charge >= 0.3 is 5.97 Å². The summed E-state index contributed by atoms with van der Waals surface area (Å²) < 4.78 is 1.96. The Morgan fingerprint density at radius 1 is 1.04 bits per heavy atom. The average molecular weight is 397 g/mol. The molecule has 144 valence electrons. The fourth-order valence-electron chi connectivity index (χ4n) is 3.02. The van der Waals surface area contributed by atoms with E-state index in [4.69, 9.17) is 16.7 Å². The lowest BCUT2D eigenvalue weighted by molar-refractivity contribution is 0.0696. The average Bonchev–Trinajstić information content (AvgIpc) is 3.04. The van der Waals surface area contributed by atoms with Crippen LogP contribution >= 0.6 is 11.6 Å². The molecule has 5 nitrogen and oxygen atoms in total. The predicted octanol–water partition coefficient (Wildman–Crippen LogP) is 4.69. The first-order valence-electron chi connectivity index (χ1n) is 8.90. The number of carbonyl (C=O) groups excluding carboxylic acids is 1. The molecular weight excluding hydrogens is 376 g/mol. The van der Waals surface area contributed by atoms with Crippen molar-refractivity contribution in [3.8, 4) is 0 Å². The van der Waals surface area contributed by atoms with Crippen molar-refractivity contribution in [3.05, 3.63) is 93.8 Å². The number of halogens is 1. The number of hydrogen-bond donors (Lipinski definition) is 2. The van der Waals surface area contributed by atoms with Crippen molar-refractivity contribution in [3.63, 3.8) is 0 Å². The van der Waals surface area contributed by atoms with Crippen LogP contribution in [-0.2, 0) is 6.54 Å². The van der Waals surface area contributed by atoms with Gasteiger partial charge in [-0.25, -0.2) is 4.79 Å². The van der Waals surface area contributed by atoms with Gasteiger partial charge in [0, 0.05) is 17.3 Å². The first kappa shape index (κ1) is 19.7. The maximum Gasteiger partial charge on any atom is 0.335 e. The van der Waals surface area contributed by atoms with Crippen molar-refractivity contribution in [1.29, 1.82) is 0 Å². The Kier molecular flexibility index (Phi) is 5.85. The number of carbonyl (C=O) groups is 2. The van der Waals surface area contributed by atoms with Crippen molar-refractivity contribution >= 4 is 23.5 Å². The summed E-state index contributed by atoms with van der Waals surface area (Å²) >= 11 is 5.95. The van der Waals surface area contributed by atoms with Gasteiger partial charge in [-0.05, 0) is 61.4 Å². The summed E-state index contributed by atoms with van der Waals surface area (Å²) in [5, 5.41) is 12.7. The quantitative estimate of drug-likeness (QED) is 0.635. The monoisotopic (exact) mass is 396 g/mol. The highest BCUT2D eigenvalue weighted by atomic mass is 35.5. The summed E-state index contributed by atoms with van der Waals surface area (Å²) in [6, 6.07) is 17.5. The van der Waals surface area contributed by atoms with Gasteiger partial charge in [-0.15, -0.1) is 0 Å². The zero-order valence-electron chi connectivity index (χ0n) is 15.6. The van der Waals surface area contributed by atoms with E-state index in [-0.39, 0.29) is 17.5 Å². The minimum Gasteiger partial charge on any atom is -0.478 e. The summed E-state index contributed by atoms with van der Waals surface area (Å²) in [7, 11) is 0. The largest absolute Gasteiger partial charge is 0.478 e. The van der Waals surface area contributed by atoms with Crippen LogP contribution in [0.4, 0.5) is 0 Å². The van der Waals surface area contributed by atoms with Crippen LogP contribution in [0.5, 0.6) is 0 Å². The highest BCUT2D eigenvalue weighted by molar-refractivity contribution is 6.30. The Bertz CT molecular complexity index is 992. The van der Waals surface area contributed by atoms with Crippen LogP contribution < -0.4 is 5.32 Å². The molecule has 6 heteroatoms. The third-order valence-electron chi connectivity index (χ3n) is 4.69. The van der Waals surface area contributed by atoms with Crippen molar-refractivity contribution in [2.45, 2.75) is 26.4 Å². The maximum absolute atomic E-state index is 12.8. The molecule has 1 heterocycles. The van der Waals surface area contributed by atoms with Crippen LogP contribution in [0.2, 0.25) is 5.02 Å². The maximum atomic E-state index is 12.8. The summed E-state index contributed by atoms with van der Waals surface area (Å²) in [6.07, 6.45) is 0. The van der Waals surface area contributed by atoms with E-state index >= 15 is 0 Å². The molecule has 1 aromatic heterocycles. The molecule has 0 aliphatic rings. The molecule has 3 rings (SSSR count). The molecule has 28 heavy (non-hydrogen) atoms. The second kappa shape index (κ2) is 8.31. The SMILES string of the molecule is Cc1ccc(C(=O)N[C@@H](C)c2ccc(C(=O)O)cc2)n1Cc1ccc(Cl)cc1. The van der Waals surface area contributed by atoms with Crippen molar-refractivity contribution in [2.75, 3.05) is 0 Å². The molecule has 0 radical (unpaired) electrons. The van der Waals surface area contributed by atoms with E-state index < -0.39 is 5.97 Å². The molecule has 0 aliphatic heterocycles. The highest BCUT2D eigenvalue weighted by Crippen LogP contribution is 2.18. The van der Waals surface area contributed by atoms with E-state index in [1.165, 1.54) is 12.1 Å². The third kappa shape index (κ3) is 4.43. The zero-order chi connectivity index (χ0) is 20.3. The van der Waals surface area contributed by atoms with Gasteiger partial charge in [0.2, 0.25) is 0 Å². The number of aryl methyl sites for hydroxylation is 1. The Labute approximate surface area is 168 Å². The molecule has 0 aliphatic carbocycles. The number of benzene rings is 2. The van der Waals surface area contributed by atoms with E-state index in [1.54, 1.807) is 18.2 Å². The lowest BCUT2D eigenvalue weighted by atomic mass is 10.1. The fourth-order valence-corrected chi connectivity index (χ4v) is 3.14. The molecule has 0 saturated carbocycles. The van der Waals surface area contributed by atoms with Crippen LogP contribution in [0.3, 0.4) is 0 Å². The van der Waals surface area contributed by atoms with Crippen molar-refractivity contribution in [1.82, 2.24) is 9.88 Å². The Morgan fingerprint density at radius 2 is 1.68 bits per heavy atom. The Hall–Kier alpha value is -3.05. The van der Waals surface area contributed by atoms with Gasteiger partial charge in [0.05, 0.1) is 11.6 Å². The summed E-state index contributed by atoms with van der Waals surface area (Å²) in [6.45, 7) is 4.40. The van der Waals surface area contributed by atoms with Gasteiger partial charge in [-0.2, -0.15) is 0 Å². The summed E-state index contributed by atoms with van der Waals surface area (Å²) in [4.78, 5) is 23.8. The van der Waals surface area contributed by atoms with Crippen molar-refractivity contribution < 1.29 is 14.7 Å². The molecule has 2 aromatic carbocycles. The number of carboxylic acids is 1. The molecule has 0 saturated heterocycles. The number of hydrogen-bond acceptors (Lipinski definition) is 2. The molecular formula is C22H21ClN2O3. The van der Waals surface area contributed by atoms with Crippen LogP contribution in [-0.4, -0.2) is 21.6 Å². The van der Waals surface area contributed by atoms with Gasteiger partial charge < -0.3 is 15.0 Å². The second-order valence-electron chi connectivity index (χ2n) is 6.69. The van der Waals surface area contributed by atoms with Gasteiger partial charge in [0.25, 0.3) is 5.91 Å². The third-order valence-corrected chi connectivity index (χ3v) is 4.94. The predicted molar refractivity (Wildman–Crippen MR) is 109 cm³/mol. The Morgan fingerprint density at radius 3 is 2.29 bits per heavy atom. The molecule has 2 N–H and O–H groups in total.